The molecule has 96 valence electrons. The summed E-state index contributed by atoms with van der Waals surface area (Å²) in [6, 6.07) is 0.195. The Morgan fingerprint density at radius 1 is 1.53 bits per heavy atom. The molecule has 0 spiro atoms. The van der Waals surface area contributed by atoms with E-state index in [9.17, 15) is 0 Å². The van der Waals surface area contributed by atoms with Crippen molar-refractivity contribution in [2.75, 3.05) is 24.3 Å². The lowest BCUT2D eigenvalue weighted by molar-refractivity contribution is 0.126. The van der Waals surface area contributed by atoms with Crippen LogP contribution in [0.15, 0.2) is 10.7 Å². The number of nitrogens with two attached hydrogens (primary N) is 1. The summed E-state index contributed by atoms with van der Waals surface area (Å²) in [6.45, 7) is 7.60. The molecule has 17 heavy (non-hydrogen) atoms. The second kappa shape index (κ2) is 6.76. The third kappa shape index (κ3) is 4.47. The SMILES string of the molecule is CCOCC(Nc1nc(N)ncc1Br)C(C)C. The Kier molecular flexibility index (Phi) is 5.64. The maximum absolute atomic E-state index is 5.57. The molecule has 0 aliphatic carbocycles. The number of nitrogen functional groups attached to an aromatic ring is 1. The summed E-state index contributed by atoms with van der Waals surface area (Å²) in [4.78, 5) is 8.06. The summed E-state index contributed by atoms with van der Waals surface area (Å²) in [5, 5.41) is 3.32. The van der Waals surface area contributed by atoms with Gasteiger partial charge in [0.25, 0.3) is 0 Å². The smallest absolute Gasteiger partial charge is 0.221 e. The molecule has 0 amide bonds. The van der Waals surface area contributed by atoms with Crippen LogP contribution in [-0.2, 0) is 4.74 Å². The first-order chi connectivity index (χ1) is 8.04. The van der Waals surface area contributed by atoms with Crippen molar-refractivity contribution in [3.8, 4) is 0 Å². The first-order valence-corrected chi connectivity index (χ1v) is 6.46. The predicted molar refractivity (Wildman–Crippen MR) is 72.9 cm³/mol. The average molecular weight is 303 g/mol. The van der Waals surface area contributed by atoms with Gasteiger partial charge in [0.1, 0.15) is 5.82 Å². The van der Waals surface area contributed by atoms with Crippen LogP contribution in [0.1, 0.15) is 20.8 Å². The Bertz CT molecular complexity index is 359. The van der Waals surface area contributed by atoms with E-state index in [0.29, 0.717) is 24.9 Å². The lowest BCUT2D eigenvalue weighted by atomic mass is 10.1. The highest BCUT2D eigenvalue weighted by Crippen LogP contribution is 2.21. The Morgan fingerprint density at radius 3 is 2.82 bits per heavy atom. The topological polar surface area (TPSA) is 73.1 Å². The molecule has 6 heteroatoms. The largest absolute Gasteiger partial charge is 0.380 e. The van der Waals surface area contributed by atoms with Gasteiger partial charge in [-0.05, 0) is 28.8 Å². The number of rotatable bonds is 6. The molecule has 0 bridgehead atoms. The van der Waals surface area contributed by atoms with Crippen molar-refractivity contribution < 1.29 is 4.74 Å². The molecule has 1 aromatic heterocycles. The van der Waals surface area contributed by atoms with E-state index in [1.807, 2.05) is 6.92 Å². The summed E-state index contributed by atoms with van der Waals surface area (Å²) < 4.78 is 6.25. The number of aromatic nitrogens is 2. The zero-order valence-corrected chi connectivity index (χ0v) is 12.0. The van der Waals surface area contributed by atoms with Gasteiger partial charge in [0.2, 0.25) is 5.95 Å². The molecule has 3 N–H and O–H groups in total. The molecule has 0 aromatic carbocycles. The highest BCUT2D eigenvalue weighted by Gasteiger charge is 2.15. The standard InChI is InChI=1S/C11H19BrN4O/c1-4-17-6-9(7(2)3)15-10-8(12)5-14-11(13)16-10/h5,7,9H,4,6H2,1-3H3,(H3,13,14,15,16). The Labute approximate surface area is 110 Å². The van der Waals surface area contributed by atoms with Crippen LogP contribution in [0.4, 0.5) is 11.8 Å². The van der Waals surface area contributed by atoms with E-state index < -0.39 is 0 Å². The third-order valence-corrected chi connectivity index (χ3v) is 2.97. The van der Waals surface area contributed by atoms with E-state index >= 15 is 0 Å². The van der Waals surface area contributed by atoms with Gasteiger partial charge < -0.3 is 15.8 Å². The number of halogens is 1. The summed E-state index contributed by atoms with van der Waals surface area (Å²) in [6.07, 6.45) is 1.64. The molecule has 0 saturated carbocycles. The summed E-state index contributed by atoms with van der Waals surface area (Å²) in [5.41, 5.74) is 5.57. The van der Waals surface area contributed by atoms with Crippen LogP contribution in [0.3, 0.4) is 0 Å². The van der Waals surface area contributed by atoms with Crippen LogP contribution >= 0.6 is 15.9 Å². The number of hydrogen-bond acceptors (Lipinski definition) is 5. The first-order valence-electron chi connectivity index (χ1n) is 5.66. The molecule has 0 aliphatic heterocycles. The van der Waals surface area contributed by atoms with Crippen molar-refractivity contribution >= 4 is 27.7 Å². The van der Waals surface area contributed by atoms with E-state index in [4.69, 9.17) is 10.5 Å². The minimum absolute atomic E-state index is 0.195. The summed E-state index contributed by atoms with van der Waals surface area (Å²) in [7, 11) is 0. The maximum atomic E-state index is 5.57. The second-order valence-electron chi connectivity index (χ2n) is 4.08. The van der Waals surface area contributed by atoms with Gasteiger partial charge in [0.15, 0.2) is 0 Å². The summed E-state index contributed by atoms with van der Waals surface area (Å²) >= 11 is 3.39. The Balaban J connectivity index is 2.74. The van der Waals surface area contributed by atoms with Crippen LogP contribution in [-0.4, -0.2) is 29.2 Å². The monoisotopic (exact) mass is 302 g/mol. The quantitative estimate of drug-likeness (QED) is 0.843. The molecule has 0 saturated heterocycles. The van der Waals surface area contributed by atoms with Crippen LogP contribution in [0.25, 0.3) is 0 Å². The van der Waals surface area contributed by atoms with E-state index in [1.165, 1.54) is 0 Å². The number of anilines is 2. The molecule has 0 aliphatic rings. The molecule has 1 heterocycles. The highest BCUT2D eigenvalue weighted by atomic mass is 79.9. The van der Waals surface area contributed by atoms with Gasteiger partial charge in [0.05, 0.1) is 17.1 Å². The zero-order valence-electron chi connectivity index (χ0n) is 10.4. The fourth-order valence-electron chi connectivity index (χ4n) is 1.30. The molecule has 0 radical (unpaired) electrons. The lowest BCUT2D eigenvalue weighted by Crippen LogP contribution is -2.31. The van der Waals surface area contributed by atoms with Gasteiger partial charge in [-0.15, -0.1) is 0 Å². The van der Waals surface area contributed by atoms with Crippen molar-refractivity contribution in [2.24, 2.45) is 5.92 Å². The normalized spacial score (nSPS) is 12.8. The highest BCUT2D eigenvalue weighted by molar-refractivity contribution is 9.10. The third-order valence-electron chi connectivity index (χ3n) is 2.39. The van der Waals surface area contributed by atoms with Crippen LogP contribution in [0.5, 0.6) is 0 Å². The van der Waals surface area contributed by atoms with E-state index in [1.54, 1.807) is 6.20 Å². The van der Waals surface area contributed by atoms with Gasteiger partial charge in [0, 0.05) is 12.8 Å². The van der Waals surface area contributed by atoms with Crippen LogP contribution in [0, 0.1) is 5.92 Å². The fourth-order valence-corrected chi connectivity index (χ4v) is 1.61. The maximum Gasteiger partial charge on any atom is 0.221 e. The van der Waals surface area contributed by atoms with Crippen molar-refractivity contribution in [1.29, 1.82) is 0 Å². The molecule has 0 fully saturated rings. The van der Waals surface area contributed by atoms with Gasteiger partial charge in [-0.1, -0.05) is 13.8 Å². The molecule has 1 atom stereocenters. The van der Waals surface area contributed by atoms with Crippen LogP contribution in [0.2, 0.25) is 0 Å². The van der Waals surface area contributed by atoms with Gasteiger partial charge in [-0.3, -0.25) is 0 Å². The molecular formula is C11H19BrN4O. The van der Waals surface area contributed by atoms with Gasteiger partial charge >= 0.3 is 0 Å². The zero-order chi connectivity index (χ0) is 12.8. The van der Waals surface area contributed by atoms with E-state index in [2.05, 4.69) is 45.1 Å². The molecular weight excluding hydrogens is 284 g/mol. The number of nitrogens with zero attached hydrogens (tertiary/aromatic N) is 2. The molecule has 5 nitrogen and oxygen atoms in total. The molecule has 1 unspecified atom stereocenters. The summed E-state index contributed by atoms with van der Waals surface area (Å²) in [5.74, 6) is 1.40. The molecule has 1 rings (SSSR count). The van der Waals surface area contributed by atoms with Gasteiger partial charge in [-0.2, -0.15) is 4.98 Å². The fraction of sp³-hybridized carbons (Fsp3) is 0.636. The lowest BCUT2D eigenvalue weighted by Gasteiger charge is -2.23. The van der Waals surface area contributed by atoms with Crippen LogP contribution < -0.4 is 11.1 Å². The minimum atomic E-state index is 0.195. The van der Waals surface area contributed by atoms with Crippen molar-refractivity contribution in [3.05, 3.63) is 10.7 Å². The number of hydrogen-bond donors (Lipinski definition) is 2. The predicted octanol–water partition coefficient (Wildman–Crippen LogP) is 2.29. The number of ether oxygens (including phenoxy) is 1. The minimum Gasteiger partial charge on any atom is -0.380 e. The van der Waals surface area contributed by atoms with Crippen molar-refractivity contribution in [2.45, 2.75) is 26.8 Å². The number of nitrogens with one attached hydrogen (secondary N) is 1. The Morgan fingerprint density at radius 2 is 2.24 bits per heavy atom. The van der Waals surface area contributed by atoms with Crippen molar-refractivity contribution in [1.82, 2.24) is 9.97 Å². The second-order valence-corrected chi connectivity index (χ2v) is 4.93. The average Bonchev–Trinajstić information content (AvgIpc) is 2.28. The van der Waals surface area contributed by atoms with Crippen molar-refractivity contribution in [3.63, 3.8) is 0 Å². The first kappa shape index (κ1) is 14.2. The van der Waals surface area contributed by atoms with E-state index in [0.717, 1.165) is 4.47 Å². The van der Waals surface area contributed by atoms with Gasteiger partial charge in [-0.25, -0.2) is 4.98 Å². The molecule has 1 aromatic rings. The Hall–Kier alpha value is -0.880. The van der Waals surface area contributed by atoms with E-state index in [-0.39, 0.29) is 12.0 Å².